The first-order chi connectivity index (χ1) is 10.0. The molecule has 0 radical (unpaired) electrons. The van der Waals surface area contributed by atoms with Gasteiger partial charge < -0.3 is 15.5 Å². The molecule has 0 bridgehead atoms. The van der Waals surface area contributed by atoms with Gasteiger partial charge in [0, 0.05) is 31.2 Å². The molecule has 1 aliphatic rings. The van der Waals surface area contributed by atoms with Crippen LogP contribution in [0.3, 0.4) is 0 Å². The van der Waals surface area contributed by atoms with E-state index in [-0.39, 0.29) is 30.3 Å². The molecular weight excluding hydrogens is 266 g/mol. The second-order valence-corrected chi connectivity index (χ2v) is 5.49. The van der Waals surface area contributed by atoms with E-state index in [0.29, 0.717) is 19.5 Å². The minimum absolute atomic E-state index is 0.000995. The SMILES string of the molecule is CCN(C(=O)CC(C)N)C1CCN(c2ccccc2)C1=O. The molecule has 0 aliphatic carbocycles. The first-order valence-corrected chi connectivity index (χ1v) is 7.46. The lowest BCUT2D eigenvalue weighted by molar-refractivity contribution is -0.138. The Morgan fingerprint density at radius 1 is 1.43 bits per heavy atom. The zero-order valence-corrected chi connectivity index (χ0v) is 12.7. The van der Waals surface area contributed by atoms with Crippen molar-refractivity contribution in [2.24, 2.45) is 5.73 Å². The third kappa shape index (κ3) is 3.42. The minimum Gasteiger partial charge on any atom is -0.331 e. The van der Waals surface area contributed by atoms with Crippen molar-refractivity contribution in [1.29, 1.82) is 0 Å². The van der Waals surface area contributed by atoms with Crippen LogP contribution in [0, 0.1) is 0 Å². The molecule has 1 aromatic carbocycles. The third-order valence-corrected chi connectivity index (χ3v) is 3.78. The highest BCUT2D eigenvalue weighted by atomic mass is 16.2. The van der Waals surface area contributed by atoms with Gasteiger partial charge >= 0.3 is 0 Å². The van der Waals surface area contributed by atoms with E-state index in [2.05, 4.69) is 0 Å². The minimum atomic E-state index is -0.360. The van der Waals surface area contributed by atoms with E-state index in [4.69, 9.17) is 5.73 Å². The van der Waals surface area contributed by atoms with E-state index in [1.807, 2.05) is 37.3 Å². The van der Waals surface area contributed by atoms with Gasteiger partial charge in [-0.2, -0.15) is 0 Å². The molecule has 1 aliphatic heterocycles. The number of carbonyl (C=O) groups is 2. The molecule has 2 unspecified atom stereocenters. The van der Waals surface area contributed by atoms with Crippen LogP contribution in [-0.2, 0) is 9.59 Å². The standard InChI is InChI=1S/C16H23N3O2/c1-3-18(15(20)11-12(2)17)14-9-10-19(16(14)21)13-7-5-4-6-8-13/h4-8,12,14H,3,9-11,17H2,1-2H3. The fourth-order valence-corrected chi connectivity index (χ4v) is 2.78. The highest BCUT2D eigenvalue weighted by Gasteiger charge is 2.38. The number of benzene rings is 1. The lowest BCUT2D eigenvalue weighted by Crippen LogP contribution is -2.46. The summed E-state index contributed by atoms with van der Waals surface area (Å²) < 4.78 is 0. The molecule has 1 heterocycles. The molecule has 1 fully saturated rings. The molecule has 2 amide bonds. The predicted molar refractivity (Wildman–Crippen MR) is 82.9 cm³/mol. The van der Waals surface area contributed by atoms with Crippen LogP contribution in [0.25, 0.3) is 0 Å². The van der Waals surface area contributed by atoms with Gasteiger partial charge in [0.05, 0.1) is 0 Å². The van der Waals surface area contributed by atoms with Crippen LogP contribution in [0.5, 0.6) is 0 Å². The fraction of sp³-hybridized carbons (Fsp3) is 0.500. The lowest BCUT2D eigenvalue weighted by atomic mass is 10.1. The monoisotopic (exact) mass is 289 g/mol. The zero-order valence-electron chi connectivity index (χ0n) is 12.7. The number of amides is 2. The summed E-state index contributed by atoms with van der Waals surface area (Å²) in [6.45, 7) is 4.89. The van der Waals surface area contributed by atoms with Crippen LogP contribution in [0.1, 0.15) is 26.7 Å². The van der Waals surface area contributed by atoms with Crippen LogP contribution in [-0.4, -0.2) is 41.9 Å². The van der Waals surface area contributed by atoms with Crippen molar-refractivity contribution in [2.45, 2.75) is 38.8 Å². The Bertz CT molecular complexity index is 502. The van der Waals surface area contributed by atoms with Gasteiger partial charge in [0.2, 0.25) is 11.8 Å². The number of rotatable bonds is 5. The topological polar surface area (TPSA) is 66.6 Å². The number of anilines is 1. The van der Waals surface area contributed by atoms with Crippen molar-refractivity contribution < 1.29 is 9.59 Å². The number of carbonyl (C=O) groups excluding carboxylic acids is 2. The number of likely N-dealkylation sites (N-methyl/N-ethyl adjacent to an activating group) is 1. The van der Waals surface area contributed by atoms with E-state index in [9.17, 15) is 9.59 Å². The maximum atomic E-state index is 12.6. The number of nitrogens with zero attached hydrogens (tertiary/aromatic N) is 2. The second kappa shape index (κ2) is 6.72. The zero-order chi connectivity index (χ0) is 15.4. The van der Waals surface area contributed by atoms with Gasteiger partial charge in [0.15, 0.2) is 0 Å². The largest absolute Gasteiger partial charge is 0.331 e. The van der Waals surface area contributed by atoms with Gasteiger partial charge in [0.1, 0.15) is 6.04 Å². The molecular formula is C16H23N3O2. The molecule has 21 heavy (non-hydrogen) atoms. The second-order valence-electron chi connectivity index (χ2n) is 5.49. The van der Waals surface area contributed by atoms with E-state index >= 15 is 0 Å². The van der Waals surface area contributed by atoms with Gasteiger partial charge in [-0.25, -0.2) is 0 Å². The summed E-state index contributed by atoms with van der Waals surface area (Å²) in [4.78, 5) is 28.3. The maximum Gasteiger partial charge on any atom is 0.249 e. The summed E-state index contributed by atoms with van der Waals surface area (Å²) in [7, 11) is 0. The highest BCUT2D eigenvalue weighted by molar-refractivity contribution is 6.01. The smallest absolute Gasteiger partial charge is 0.249 e. The van der Waals surface area contributed by atoms with Gasteiger partial charge in [-0.15, -0.1) is 0 Å². The van der Waals surface area contributed by atoms with Gasteiger partial charge in [-0.3, -0.25) is 9.59 Å². The average molecular weight is 289 g/mol. The molecule has 2 N–H and O–H groups in total. The lowest BCUT2D eigenvalue weighted by Gasteiger charge is -2.27. The molecule has 5 nitrogen and oxygen atoms in total. The molecule has 1 aromatic rings. The number of hydrogen-bond acceptors (Lipinski definition) is 3. The molecule has 0 aromatic heterocycles. The molecule has 2 rings (SSSR count). The van der Waals surface area contributed by atoms with Gasteiger partial charge in [-0.05, 0) is 32.4 Å². The summed E-state index contributed by atoms with van der Waals surface area (Å²) in [5.74, 6) is -0.0400. The molecule has 0 saturated carbocycles. The summed E-state index contributed by atoms with van der Waals surface area (Å²) in [5.41, 5.74) is 6.58. The third-order valence-electron chi connectivity index (χ3n) is 3.78. The Hall–Kier alpha value is -1.88. The fourth-order valence-electron chi connectivity index (χ4n) is 2.78. The number of hydrogen-bond donors (Lipinski definition) is 1. The van der Waals surface area contributed by atoms with E-state index < -0.39 is 0 Å². The van der Waals surface area contributed by atoms with Crippen LogP contribution in [0.4, 0.5) is 5.69 Å². The Balaban J connectivity index is 2.11. The Morgan fingerprint density at radius 3 is 2.67 bits per heavy atom. The first kappa shape index (κ1) is 15.5. The summed E-state index contributed by atoms with van der Waals surface area (Å²) in [6.07, 6.45) is 0.954. The number of nitrogens with two attached hydrogens (primary N) is 1. The molecule has 2 atom stereocenters. The highest BCUT2D eigenvalue weighted by Crippen LogP contribution is 2.24. The Morgan fingerprint density at radius 2 is 2.10 bits per heavy atom. The predicted octanol–water partition coefficient (Wildman–Crippen LogP) is 1.38. The Labute approximate surface area is 125 Å². The number of para-hydroxylation sites is 1. The molecule has 5 heteroatoms. The molecule has 0 spiro atoms. The van der Waals surface area contributed by atoms with Crippen molar-refractivity contribution in [3.05, 3.63) is 30.3 Å². The first-order valence-electron chi connectivity index (χ1n) is 7.46. The van der Waals surface area contributed by atoms with Gasteiger partial charge in [-0.1, -0.05) is 18.2 Å². The van der Waals surface area contributed by atoms with Crippen LogP contribution in [0.15, 0.2) is 30.3 Å². The van der Waals surface area contributed by atoms with Crippen LogP contribution >= 0.6 is 0 Å². The summed E-state index contributed by atoms with van der Waals surface area (Å²) >= 11 is 0. The molecule has 114 valence electrons. The van der Waals surface area contributed by atoms with E-state index in [1.165, 1.54) is 0 Å². The van der Waals surface area contributed by atoms with Crippen molar-refractivity contribution in [1.82, 2.24) is 4.90 Å². The van der Waals surface area contributed by atoms with Crippen molar-refractivity contribution in [2.75, 3.05) is 18.0 Å². The summed E-state index contributed by atoms with van der Waals surface area (Å²) in [6, 6.07) is 9.03. The van der Waals surface area contributed by atoms with Crippen LogP contribution < -0.4 is 10.6 Å². The van der Waals surface area contributed by atoms with E-state index in [0.717, 1.165) is 5.69 Å². The van der Waals surface area contributed by atoms with E-state index in [1.54, 1.807) is 16.7 Å². The molecule has 1 saturated heterocycles. The normalized spacial score (nSPS) is 19.7. The maximum absolute atomic E-state index is 12.6. The van der Waals surface area contributed by atoms with Crippen molar-refractivity contribution >= 4 is 17.5 Å². The van der Waals surface area contributed by atoms with Crippen LogP contribution in [0.2, 0.25) is 0 Å². The average Bonchev–Trinajstić information content (AvgIpc) is 2.82. The van der Waals surface area contributed by atoms with Crippen molar-refractivity contribution in [3.8, 4) is 0 Å². The Kier molecular flexibility index (Phi) is 4.96. The quantitative estimate of drug-likeness (QED) is 0.890. The van der Waals surface area contributed by atoms with Crippen molar-refractivity contribution in [3.63, 3.8) is 0 Å². The van der Waals surface area contributed by atoms with Gasteiger partial charge in [0.25, 0.3) is 0 Å². The summed E-state index contributed by atoms with van der Waals surface area (Å²) in [5, 5.41) is 0.